The Bertz CT molecular complexity index is 1090. The number of fused-ring (bicyclic) bond motifs is 1. The summed E-state index contributed by atoms with van der Waals surface area (Å²) in [6.45, 7) is 1.74. The van der Waals surface area contributed by atoms with E-state index < -0.39 is 0 Å². The molecule has 0 aliphatic carbocycles. The van der Waals surface area contributed by atoms with Crippen molar-refractivity contribution in [1.29, 1.82) is 0 Å². The topological polar surface area (TPSA) is 68.7 Å². The Morgan fingerprint density at radius 1 is 1.14 bits per heavy atom. The lowest BCUT2D eigenvalue weighted by atomic mass is 10.2. The Hall–Kier alpha value is -3.19. The molecule has 28 heavy (non-hydrogen) atoms. The average Bonchev–Trinajstić information content (AvgIpc) is 3.48. The Balaban J connectivity index is 1.36. The summed E-state index contributed by atoms with van der Waals surface area (Å²) in [5.41, 5.74) is 2.74. The maximum absolute atomic E-state index is 5.72. The summed E-state index contributed by atoms with van der Waals surface area (Å²) in [5, 5.41) is 8.76. The van der Waals surface area contributed by atoms with Gasteiger partial charge < -0.3 is 9.15 Å². The number of aromatic nitrogens is 4. The Morgan fingerprint density at radius 2 is 2.04 bits per heavy atom. The summed E-state index contributed by atoms with van der Waals surface area (Å²) in [7, 11) is 1.66. The van der Waals surface area contributed by atoms with E-state index >= 15 is 0 Å². The lowest BCUT2D eigenvalue weighted by Crippen LogP contribution is -2.24. The summed E-state index contributed by atoms with van der Waals surface area (Å²) in [4.78, 5) is 7.09. The third-order valence-electron chi connectivity index (χ3n) is 5.26. The number of likely N-dealkylation sites (tertiary alicyclic amines) is 1. The molecule has 1 aromatic carbocycles. The molecule has 0 N–H and O–H groups in total. The number of methoxy groups -OCH3 is 1. The van der Waals surface area contributed by atoms with Crippen LogP contribution in [0.1, 0.15) is 30.4 Å². The first-order chi connectivity index (χ1) is 13.8. The number of benzene rings is 1. The molecule has 0 saturated carbocycles. The van der Waals surface area contributed by atoms with Crippen LogP contribution in [0.15, 0.2) is 59.3 Å². The lowest BCUT2D eigenvalue weighted by Gasteiger charge is -2.21. The van der Waals surface area contributed by atoms with Crippen LogP contribution in [0.3, 0.4) is 0 Å². The van der Waals surface area contributed by atoms with Gasteiger partial charge in [0, 0.05) is 18.3 Å². The van der Waals surface area contributed by atoms with Gasteiger partial charge in [0.1, 0.15) is 12.0 Å². The molecule has 1 atom stereocenters. The van der Waals surface area contributed by atoms with Gasteiger partial charge in [-0.05, 0) is 55.8 Å². The highest BCUT2D eigenvalue weighted by Crippen LogP contribution is 2.32. The second kappa shape index (κ2) is 7.09. The summed E-state index contributed by atoms with van der Waals surface area (Å²) >= 11 is 0. The molecule has 1 saturated heterocycles. The van der Waals surface area contributed by atoms with Crippen LogP contribution < -0.4 is 4.74 Å². The summed E-state index contributed by atoms with van der Waals surface area (Å²) < 4.78 is 13.0. The van der Waals surface area contributed by atoms with Gasteiger partial charge in [-0.3, -0.25) is 9.30 Å². The molecule has 7 heteroatoms. The molecule has 142 valence electrons. The van der Waals surface area contributed by atoms with Gasteiger partial charge in [0.2, 0.25) is 5.89 Å². The number of rotatable bonds is 5. The second-order valence-corrected chi connectivity index (χ2v) is 6.99. The predicted octanol–water partition coefficient (Wildman–Crippen LogP) is 3.73. The zero-order chi connectivity index (χ0) is 18.9. The van der Waals surface area contributed by atoms with Crippen LogP contribution in [-0.4, -0.2) is 38.1 Å². The van der Waals surface area contributed by atoms with Gasteiger partial charge in [0.05, 0.1) is 18.8 Å². The summed E-state index contributed by atoms with van der Waals surface area (Å²) in [6.07, 6.45) is 5.98. The highest BCUT2D eigenvalue weighted by Gasteiger charge is 2.30. The zero-order valence-corrected chi connectivity index (χ0v) is 15.7. The van der Waals surface area contributed by atoms with Crippen LogP contribution in [-0.2, 0) is 6.54 Å². The lowest BCUT2D eigenvalue weighted by molar-refractivity contribution is 0.236. The second-order valence-electron chi connectivity index (χ2n) is 6.99. The Labute approximate surface area is 162 Å². The molecule has 0 bridgehead atoms. The van der Waals surface area contributed by atoms with Crippen molar-refractivity contribution in [2.75, 3.05) is 13.7 Å². The van der Waals surface area contributed by atoms with Crippen LogP contribution in [0.25, 0.3) is 17.1 Å². The minimum absolute atomic E-state index is 0.235. The van der Waals surface area contributed by atoms with Crippen molar-refractivity contribution in [2.24, 2.45) is 0 Å². The molecule has 0 spiro atoms. The molecule has 5 rings (SSSR count). The average molecular weight is 375 g/mol. The van der Waals surface area contributed by atoms with Crippen LogP contribution in [0, 0.1) is 0 Å². The van der Waals surface area contributed by atoms with E-state index in [9.17, 15) is 0 Å². The molecule has 3 aromatic heterocycles. The highest BCUT2D eigenvalue weighted by molar-refractivity contribution is 5.54. The van der Waals surface area contributed by atoms with Crippen LogP contribution in [0.4, 0.5) is 0 Å². The molecular formula is C21H21N5O2. The molecule has 1 fully saturated rings. The van der Waals surface area contributed by atoms with Crippen molar-refractivity contribution in [3.05, 3.63) is 66.4 Å². The molecule has 4 heterocycles. The fourth-order valence-electron chi connectivity index (χ4n) is 3.85. The maximum atomic E-state index is 5.72. The van der Waals surface area contributed by atoms with E-state index in [4.69, 9.17) is 9.15 Å². The van der Waals surface area contributed by atoms with Gasteiger partial charge >= 0.3 is 0 Å². The van der Waals surface area contributed by atoms with Crippen LogP contribution >= 0.6 is 0 Å². The van der Waals surface area contributed by atoms with E-state index in [1.165, 1.54) is 0 Å². The van der Waals surface area contributed by atoms with E-state index in [1.807, 2.05) is 48.7 Å². The van der Waals surface area contributed by atoms with Crippen molar-refractivity contribution in [1.82, 2.24) is 24.5 Å². The number of ether oxygens (including phenoxy) is 1. The highest BCUT2D eigenvalue weighted by atomic mass is 16.5. The van der Waals surface area contributed by atoms with Gasteiger partial charge in [-0.2, -0.15) is 0 Å². The molecule has 1 aliphatic rings. The third-order valence-corrected chi connectivity index (χ3v) is 5.26. The quantitative estimate of drug-likeness (QED) is 0.529. The maximum Gasteiger partial charge on any atom is 0.226 e. The zero-order valence-electron chi connectivity index (χ0n) is 15.7. The first-order valence-corrected chi connectivity index (χ1v) is 9.44. The molecule has 1 aliphatic heterocycles. The molecule has 0 amide bonds. The number of pyridine rings is 1. The monoisotopic (exact) mass is 375 g/mol. The van der Waals surface area contributed by atoms with E-state index in [1.54, 1.807) is 13.4 Å². The number of oxazole rings is 1. The standard InChI is InChI=1S/C21H21N5O2/c1-27-17-9-7-15(8-10-17)21-22-16(14-28-21)13-25-11-4-5-18(25)20-24-23-19-6-2-3-12-26(19)20/h2-3,6-10,12,14,18H,4-5,11,13H2,1H3/t18-/m1/s1. The van der Waals surface area contributed by atoms with Crippen LogP contribution in [0.2, 0.25) is 0 Å². The van der Waals surface area contributed by atoms with Crippen molar-refractivity contribution in [3.63, 3.8) is 0 Å². The van der Waals surface area contributed by atoms with Crippen molar-refractivity contribution < 1.29 is 9.15 Å². The molecule has 0 radical (unpaired) electrons. The smallest absolute Gasteiger partial charge is 0.226 e. The normalized spacial score (nSPS) is 17.4. The van der Waals surface area contributed by atoms with E-state index in [0.717, 1.165) is 54.4 Å². The third kappa shape index (κ3) is 3.03. The van der Waals surface area contributed by atoms with Crippen molar-refractivity contribution in [2.45, 2.75) is 25.4 Å². The van der Waals surface area contributed by atoms with Crippen LogP contribution in [0.5, 0.6) is 5.75 Å². The van der Waals surface area contributed by atoms with Crippen molar-refractivity contribution >= 4 is 5.65 Å². The molecule has 4 aromatic rings. The van der Waals surface area contributed by atoms with Gasteiger partial charge in [-0.15, -0.1) is 10.2 Å². The van der Waals surface area contributed by atoms with E-state index in [2.05, 4.69) is 24.5 Å². The largest absolute Gasteiger partial charge is 0.497 e. The number of hydrogen-bond donors (Lipinski definition) is 0. The SMILES string of the molecule is COc1ccc(-c2nc(CN3CCC[C@@H]3c3nnc4ccccn34)co2)cc1. The van der Waals surface area contributed by atoms with Gasteiger partial charge in [0.15, 0.2) is 11.5 Å². The number of hydrogen-bond acceptors (Lipinski definition) is 6. The first kappa shape index (κ1) is 16.9. The van der Waals surface area contributed by atoms with Gasteiger partial charge in [-0.25, -0.2) is 4.98 Å². The Morgan fingerprint density at radius 3 is 2.89 bits per heavy atom. The fourth-order valence-corrected chi connectivity index (χ4v) is 3.85. The van der Waals surface area contributed by atoms with Gasteiger partial charge in [-0.1, -0.05) is 6.07 Å². The minimum Gasteiger partial charge on any atom is -0.497 e. The Kier molecular flexibility index (Phi) is 4.29. The predicted molar refractivity (Wildman–Crippen MR) is 104 cm³/mol. The van der Waals surface area contributed by atoms with Gasteiger partial charge in [0.25, 0.3) is 0 Å². The number of nitrogens with zero attached hydrogens (tertiary/aromatic N) is 5. The van der Waals surface area contributed by atoms with Crippen molar-refractivity contribution in [3.8, 4) is 17.2 Å². The summed E-state index contributed by atoms with van der Waals surface area (Å²) in [5.74, 6) is 2.43. The van der Waals surface area contributed by atoms with E-state index in [0.29, 0.717) is 5.89 Å². The molecular weight excluding hydrogens is 354 g/mol. The molecule has 0 unspecified atom stereocenters. The minimum atomic E-state index is 0.235. The molecule has 7 nitrogen and oxygen atoms in total. The fraction of sp³-hybridized carbons (Fsp3) is 0.286. The first-order valence-electron chi connectivity index (χ1n) is 9.44. The summed E-state index contributed by atoms with van der Waals surface area (Å²) in [6, 6.07) is 13.9. The van der Waals surface area contributed by atoms with E-state index in [-0.39, 0.29) is 6.04 Å².